The van der Waals surface area contributed by atoms with Gasteiger partial charge in [-0.1, -0.05) is 46.0 Å². The van der Waals surface area contributed by atoms with E-state index in [-0.39, 0.29) is 23.8 Å². The van der Waals surface area contributed by atoms with E-state index in [1.807, 2.05) is 6.92 Å². The van der Waals surface area contributed by atoms with Gasteiger partial charge in [-0.25, -0.2) is 0 Å². The van der Waals surface area contributed by atoms with Crippen molar-refractivity contribution in [2.45, 2.75) is 65.2 Å². The average Bonchev–Trinajstić information content (AvgIpc) is 2.48. The molecule has 3 nitrogen and oxygen atoms in total. The molecule has 19 heavy (non-hydrogen) atoms. The maximum absolute atomic E-state index is 12.2. The Morgan fingerprint density at radius 3 is 2.26 bits per heavy atom. The molecule has 4 atom stereocenters. The summed E-state index contributed by atoms with van der Waals surface area (Å²) in [5.74, 6) is 0.0681. The molecular formula is C16H26O3. The lowest BCUT2D eigenvalue weighted by Gasteiger charge is -2.33. The molecule has 0 spiro atoms. The Balaban J connectivity index is 2.18. The second-order valence-electron chi connectivity index (χ2n) is 6.47. The molecule has 0 bridgehead atoms. The number of hydrogen-bond donors (Lipinski definition) is 0. The van der Waals surface area contributed by atoms with Crippen molar-refractivity contribution in [2.24, 2.45) is 23.7 Å². The Labute approximate surface area is 116 Å². The lowest BCUT2D eigenvalue weighted by atomic mass is 9.74. The van der Waals surface area contributed by atoms with E-state index in [0.29, 0.717) is 11.8 Å². The highest BCUT2D eigenvalue weighted by Crippen LogP contribution is 2.38. The SMILES string of the molecule is CC1CC(C)C2CCCCCCCC2C(=O)OC1=O. The molecule has 1 aliphatic carbocycles. The van der Waals surface area contributed by atoms with Crippen LogP contribution in [0.4, 0.5) is 0 Å². The maximum atomic E-state index is 12.2. The summed E-state index contributed by atoms with van der Waals surface area (Å²) in [6.07, 6.45) is 8.92. The van der Waals surface area contributed by atoms with Gasteiger partial charge in [-0.15, -0.1) is 0 Å². The molecule has 1 aliphatic heterocycles. The van der Waals surface area contributed by atoms with Gasteiger partial charge in [-0.2, -0.15) is 0 Å². The van der Waals surface area contributed by atoms with Gasteiger partial charge in [0, 0.05) is 0 Å². The minimum absolute atomic E-state index is 0.0513. The van der Waals surface area contributed by atoms with Crippen LogP contribution in [-0.4, -0.2) is 11.9 Å². The quantitative estimate of drug-likeness (QED) is 0.496. The number of rotatable bonds is 0. The number of ether oxygens (including phenoxy) is 1. The fourth-order valence-electron chi connectivity index (χ4n) is 3.77. The number of fused-ring (bicyclic) bond motifs is 1. The van der Waals surface area contributed by atoms with Gasteiger partial charge in [-0.05, 0) is 31.1 Å². The standard InChI is InChI=1S/C16H26O3/c1-11-10-12(2)15(17)19-16(18)14-9-7-5-3-4-6-8-13(11)14/h11-14H,3-10H2,1-2H3. The van der Waals surface area contributed by atoms with E-state index in [0.717, 1.165) is 25.7 Å². The molecule has 2 rings (SSSR count). The van der Waals surface area contributed by atoms with Gasteiger partial charge >= 0.3 is 11.9 Å². The minimum Gasteiger partial charge on any atom is -0.393 e. The van der Waals surface area contributed by atoms with Gasteiger partial charge in [0.1, 0.15) is 0 Å². The first-order chi connectivity index (χ1) is 9.09. The summed E-state index contributed by atoms with van der Waals surface area (Å²) in [4.78, 5) is 24.0. The van der Waals surface area contributed by atoms with Crippen LogP contribution >= 0.6 is 0 Å². The van der Waals surface area contributed by atoms with E-state index in [1.54, 1.807) is 0 Å². The van der Waals surface area contributed by atoms with Crippen LogP contribution in [0.15, 0.2) is 0 Å². The highest BCUT2D eigenvalue weighted by Gasteiger charge is 2.38. The fraction of sp³-hybridized carbons (Fsp3) is 0.875. The molecule has 0 aromatic heterocycles. The number of hydrogen-bond acceptors (Lipinski definition) is 3. The first-order valence-corrected chi connectivity index (χ1v) is 7.85. The third-order valence-electron chi connectivity index (χ3n) is 4.93. The largest absolute Gasteiger partial charge is 0.393 e. The Morgan fingerprint density at radius 1 is 0.895 bits per heavy atom. The summed E-state index contributed by atoms with van der Waals surface area (Å²) >= 11 is 0. The Hall–Kier alpha value is -0.860. The number of carbonyl (C=O) groups is 2. The van der Waals surface area contributed by atoms with E-state index < -0.39 is 0 Å². The van der Waals surface area contributed by atoms with Gasteiger partial charge in [0.15, 0.2) is 0 Å². The highest BCUT2D eigenvalue weighted by molar-refractivity contribution is 5.88. The molecule has 0 radical (unpaired) electrons. The van der Waals surface area contributed by atoms with Gasteiger partial charge in [-0.3, -0.25) is 9.59 Å². The Kier molecular flexibility index (Phi) is 5.00. The van der Waals surface area contributed by atoms with Crippen LogP contribution in [0, 0.1) is 23.7 Å². The van der Waals surface area contributed by atoms with Gasteiger partial charge in [0.25, 0.3) is 0 Å². The van der Waals surface area contributed by atoms with E-state index in [1.165, 1.54) is 25.7 Å². The maximum Gasteiger partial charge on any atom is 0.316 e. The normalized spacial score (nSPS) is 38.0. The number of esters is 2. The smallest absolute Gasteiger partial charge is 0.316 e. The molecule has 0 aromatic rings. The van der Waals surface area contributed by atoms with E-state index in [4.69, 9.17) is 4.74 Å². The van der Waals surface area contributed by atoms with Crippen molar-refractivity contribution < 1.29 is 14.3 Å². The van der Waals surface area contributed by atoms with Crippen molar-refractivity contribution in [3.63, 3.8) is 0 Å². The fourth-order valence-corrected chi connectivity index (χ4v) is 3.77. The molecule has 0 amide bonds. The third kappa shape index (κ3) is 3.58. The van der Waals surface area contributed by atoms with Crippen molar-refractivity contribution in [2.75, 3.05) is 0 Å². The predicted octanol–water partition coefficient (Wildman–Crippen LogP) is 3.71. The molecular weight excluding hydrogens is 240 g/mol. The highest BCUT2D eigenvalue weighted by atomic mass is 16.6. The Bertz CT molecular complexity index is 337. The molecule has 108 valence electrons. The van der Waals surface area contributed by atoms with E-state index >= 15 is 0 Å². The van der Waals surface area contributed by atoms with Crippen LogP contribution in [0.2, 0.25) is 0 Å². The second-order valence-corrected chi connectivity index (χ2v) is 6.47. The molecule has 4 unspecified atom stereocenters. The lowest BCUT2D eigenvalue weighted by molar-refractivity contribution is -0.170. The summed E-state index contributed by atoms with van der Waals surface area (Å²) < 4.78 is 5.08. The monoisotopic (exact) mass is 266 g/mol. The number of carbonyl (C=O) groups excluding carboxylic acids is 2. The van der Waals surface area contributed by atoms with Gasteiger partial charge < -0.3 is 4.74 Å². The minimum atomic E-state index is -0.324. The molecule has 0 N–H and O–H groups in total. The average molecular weight is 266 g/mol. The van der Waals surface area contributed by atoms with Crippen molar-refractivity contribution in [3.8, 4) is 0 Å². The summed E-state index contributed by atoms with van der Waals surface area (Å²) in [5.41, 5.74) is 0. The zero-order chi connectivity index (χ0) is 13.8. The molecule has 1 saturated carbocycles. The van der Waals surface area contributed by atoms with Gasteiger partial charge in [0.05, 0.1) is 11.8 Å². The van der Waals surface area contributed by atoms with Crippen molar-refractivity contribution in [1.82, 2.24) is 0 Å². The molecule has 1 saturated heterocycles. The summed E-state index contributed by atoms with van der Waals surface area (Å²) in [6, 6.07) is 0. The van der Waals surface area contributed by atoms with Crippen LogP contribution in [0.1, 0.15) is 65.2 Å². The topological polar surface area (TPSA) is 43.4 Å². The molecule has 2 aliphatic rings. The molecule has 1 heterocycles. The first-order valence-electron chi connectivity index (χ1n) is 7.85. The van der Waals surface area contributed by atoms with Crippen molar-refractivity contribution >= 4 is 11.9 Å². The zero-order valence-corrected chi connectivity index (χ0v) is 12.2. The number of cyclic esters (lactones) is 2. The van der Waals surface area contributed by atoms with E-state index in [9.17, 15) is 9.59 Å². The lowest BCUT2D eigenvalue weighted by Crippen LogP contribution is -2.37. The second kappa shape index (κ2) is 6.53. The van der Waals surface area contributed by atoms with Crippen LogP contribution in [0.5, 0.6) is 0 Å². The van der Waals surface area contributed by atoms with Crippen molar-refractivity contribution in [1.29, 1.82) is 0 Å². The molecule has 2 fully saturated rings. The summed E-state index contributed by atoms with van der Waals surface area (Å²) in [6.45, 7) is 4.08. The molecule has 0 aromatic carbocycles. The van der Waals surface area contributed by atoms with Crippen LogP contribution in [-0.2, 0) is 14.3 Å². The predicted molar refractivity (Wildman–Crippen MR) is 73.3 cm³/mol. The summed E-state index contributed by atoms with van der Waals surface area (Å²) in [7, 11) is 0. The molecule has 3 heteroatoms. The van der Waals surface area contributed by atoms with Crippen LogP contribution in [0.3, 0.4) is 0 Å². The Morgan fingerprint density at radius 2 is 1.53 bits per heavy atom. The van der Waals surface area contributed by atoms with Crippen molar-refractivity contribution in [3.05, 3.63) is 0 Å². The zero-order valence-electron chi connectivity index (χ0n) is 12.2. The van der Waals surface area contributed by atoms with E-state index in [2.05, 4.69) is 6.92 Å². The third-order valence-corrected chi connectivity index (χ3v) is 4.93. The van der Waals surface area contributed by atoms with Crippen LogP contribution in [0.25, 0.3) is 0 Å². The first kappa shape index (κ1) is 14.5. The van der Waals surface area contributed by atoms with Gasteiger partial charge in [0.2, 0.25) is 0 Å². The van der Waals surface area contributed by atoms with Crippen LogP contribution < -0.4 is 0 Å². The summed E-state index contributed by atoms with van der Waals surface area (Å²) in [5, 5.41) is 0.